The molecule has 2 N–H and O–H groups in total. The standard InChI is InChI=1S/C16H18BrF2N3O3/c1-16(2,3)14(24)25-12(13-20-15(17)22-21-13)7-11(23)8-4-5-9(18)10(19)6-8/h4-6,11-12,23H,7H2,1-3H3,(H,20,21,22). The average molecular weight is 418 g/mol. The molecule has 0 aliphatic rings. The highest BCUT2D eigenvalue weighted by molar-refractivity contribution is 9.10. The van der Waals surface area contributed by atoms with Crippen molar-refractivity contribution in [1.29, 1.82) is 0 Å². The fourth-order valence-electron chi connectivity index (χ4n) is 1.98. The molecule has 1 heterocycles. The fourth-order valence-corrected chi connectivity index (χ4v) is 2.26. The van der Waals surface area contributed by atoms with Gasteiger partial charge in [0.15, 0.2) is 23.6 Å². The number of rotatable bonds is 5. The van der Waals surface area contributed by atoms with Crippen LogP contribution in [0.15, 0.2) is 22.9 Å². The molecule has 0 aliphatic carbocycles. The Balaban J connectivity index is 2.23. The summed E-state index contributed by atoms with van der Waals surface area (Å²) in [5.41, 5.74) is -0.600. The Morgan fingerprint density at radius 2 is 2.04 bits per heavy atom. The molecule has 2 atom stereocenters. The molecular formula is C16H18BrF2N3O3. The zero-order valence-electron chi connectivity index (χ0n) is 13.9. The number of carbonyl (C=O) groups excluding carboxylic acids is 1. The fraction of sp³-hybridized carbons (Fsp3) is 0.438. The SMILES string of the molecule is CC(C)(C)C(=O)OC(CC(O)c1ccc(F)c(F)c1)c1nc(Br)n[nH]1. The molecule has 0 radical (unpaired) electrons. The molecule has 0 amide bonds. The molecule has 0 bridgehead atoms. The Labute approximate surface area is 151 Å². The lowest BCUT2D eigenvalue weighted by Crippen LogP contribution is -2.26. The second-order valence-corrected chi connectivity index (χ2v) is 7.27. The Morgan fingerprint density at radius 1 is 1.36 bits per heavy atom. The van der Waals surface area contributed by atoms with Crippen LogP contribution in [0.4, 0.5) is 8.78 Å². The molecular weight excluding hydrogens is 400 g/mol. The number of aliphatic hydroxyl groups excluding tert-OH is 1. The number of benzene rings is 1. The van der Waals surface area contributed by atoms with Crippen LogP contribution in [0.1, 0.15) is 50.8 Å². The summed E-state index contributed by atoms with van der Waals surface area (Å²) in [7, 11) is 0. The van der Waals surface area contributed by atoms with E-state index in [1.54, 1.807) is 20.8 Å². The number of hydrogen-bond acceptors (Lipinski definition) is 5. The molecule has 9 heteroatoms. The molecule has 0 fully saturated rings. The van der Waals surface area contributed by atoms with E-state index in [0.29, 0.717) is 0 Å². The summed E-state index contributed by atoms with van der Waals surface area (Å²) in [6, 6.07) is 3.09. The highest BCUT2D eigenvalue weighted by Gasteiger charge is 2.30. The van der Waals surface area contributed by atoms with Gasteiger partial charge in [-0.3, -0.25) is 9.89 Å². The van der Waals surface area contributed by atoms with Gasteiger partial charge < -0.3 is 9.84 Å². The van der Waals surface area contributed by atoms with Crippen molar-refractivity contribution in [3.05, 3.63) is 46.0 Å². The van der Waals surface area contributed by atoms with Crippen molar-refractivity contribution in [2.45, 2.75) is 39.4 Å². The number of hydrogen-bond donors (Lipinski definition) is 2. The molecule has 136 valence electrons. The smallest absolute Gasteiger partial charge is 0.311 e. The van der Waals surface area contributed by atoms with E-state index >= 15 is 0 Å². The highest BCUT2D eigenvalue weighted by atomic mass is 79.9. The zero-order valence-corrected chi connectivity index (χ0v) is 15.5. The number of aliphatic hydroxyl groups is 1. The van der Waals surface area contributed by atoms with Gasteiger partial charge in [-0.1, -0.05) is 6.07 Å². The molecule has 2 aromatic rings. The first-order valence-electron chi connectivity index (χ1n) is 7.50. The number of nitrogens with zero attached hydrogens (tertiary/aromatic N) is 2. The lowest BCUT2D eigenvalue weighted by atomic mass is 9.97. The molecule has 25 heavy (non-hydrogen) atoms. The van der Waals surface area contributed by atoms with Gasteiger partial charge >= 0.3 is 5.97 Å². The minimum Gasteiger partial charge on any atom is -0.454 e. The van der Waals surface area contributed by atoms with Crippen LogP contribution in [0.25, 0.3) is 0 Å². The van der Waals surface area contributed by atoms with Gasteiger partial charge in [-0.2, -0.15) is 0 Å². The molecule has 0 saturated heterocycles. The van der Waals surface area contributed by atoms with Crippen LogP contribution in [0, 0.1) is 17.0 Å². The van der Waals surface area contributed by atoms with E-state index in [1.165, 1.54) is 6.07 Å². The van der Waals surface area contributed by atoms with Crippen molar-refractivity contribution in [3.63, 3.8) is 0 Å². The van der Waals surface area contributed by atoms with Gasteiger partial charge in [0.05, 0.1) is 11.5 Å². The minimum absolute atomic E-state index is 0.103. The van der Waals surface area contributed by atoms with E-state index in [4.69, 9.17) is 4.74 Å². The van der Waals surface area contributed by atoms with Gasteiger partial charge in [0.2, 0.25) is 4.73 Å². The van der Waals surface area contributed by atoms with E-state index in [2.05, 4.69) is 31.1 Å². The summed E-state index contributed by atoms with van der Waals surface area (Å²) in [6.45, 7) is 5.07. The van der Waals surface area contributed by atoms with Crippen LogP contribution in [-0.2, 0) is 9.53 Å². The van der Waals surface area contributed by atoms with Crippen LogP contribution in [-0.4, -0.2) is 26.3 Å². The second kappa shape index (κ2) is 7.57. The molecule has 0 saturated carbocycles. The monoisotopic (exact) mass is 417 g/mol. The summed E-state index contributed by atoms with van der Waals surface area (Å²) in [6.07, 6.45) is -2.24. The maximum Gasteiger partial charge on any atom is 0.311 e. The largest absolute Gasteiger partial charge is 0.454 e. The predicted octanol–water partition coefficient (Wildman–Crippen LogP) is 3.60. The van der Waals surface area contributed by atoms with Gasteiger partial charge in [0, 0.05) is 6.42 Å². The summed E-state index contributed by atoms with van der Waals surface area (Å²) in [5.74, 6) is -2.35. The third-order valence-corrected chi connectivity index (χ3v) is 3.76. The van der Waals surface area contributed by atoms with Crippen molar-refractivity contribution in [2.24, 2.45) is 5.41 Å². The normalized spacial score (nSPS) is 14.2. The Morgan fingerprint density at radius 3 is 2.56 bits per heavy atom. The summed E-state index contributed by atoms with van der Waals surface area (Å²) < 4.78 is 32.1. The van der Waals surface area contributed by atoms with Crippen molar-refractivity contribution < 1.29 is 23.4 Å². The van der Waals surface area contributed by atoms with Gasteiger partial charge in [-0.25, -0.2) is 13.8 Å². The van der Waals surface area contributed by atoms with Gasteiger partial charge in [0.25, 0.3) is 0 Å². The Hall–Kier alpha value is -1.87. The molecule has 2 rings (SSSR count). The minimum atomic E-state index is -1.20. The van der Waals surface area contributed by atoms with E-state index in [9.17, 15) is 18.7 Å². The van der Waals surface area contributed by atoms with Crippen LogP contribution < -0.4 is 0 Å². The number of nitrogens with one attached hydrogen (secondary N) is 1. The summed E-state index contributed by atoms with van der Waals surface area (Å²) >= 11 is 3.09. The lowest BCUT2D eigenvalue weighted by molar-refractivity contribution is -0.161. The van der Waals surface area contributed by atoms with Crippen LogP contribution in [0.2, 0.25) is 0 Å². The van der Waals surface area contributed by atoms with Crippen molar-refractivity contribution >= 4 is 21.9 Å². The maximum absolute atomic E-state index is 13.4. The van der Waals surface area contributed by atoms with Gasteiger partial charge in [-0.15, -0.1) is 5.10 Å². The number of ether oxygens (including phenoxy) is 1. The molecule has 1 aromatic carbocycles. The molecule has 6 nitrogen and oxygen atoms in total. The number of H-pyrrole nitrogens is 1. The van der Waals surface area contributed by atoms with Gasteiger partial charge in [0.1, 0.15) is 0 Å². The van der Waals surface area contributed by atoms with Crippen LogP contribution in [0.3, 0.4) is 0 Å². The Kier molecular flexibility index (Phi) is 5.89. The van der Waals surface area contributed by atoms with E-state index in [0.717, 1.165) is 12.1 Å². The highest BCUT2D eigenvalue weighted by Crippen LogP contribution is 2.31. The molecule has 0 aliphatic heterocycles. The topological polar surface area (TPSA) is 88.1 Å². The summed E-state index contributed by atoms with van der Waals surface area (Å²) in [5, 5.41) is 16.8. The number of carbonyl (C=O) groups is 1. The van der Waals surface area contributed by atoms with Crippen LogP contribution in [0.5, 0.6) is 0 Å². The van der Waals surface area contributed by atoms with Crippen molar-refractivity contribution in [1.82, 2.24) is 15.2 Å². The molecule has 2 unspecified atom stereocenters. The average Bonchev–Trinajstić information content (AvgIpc) is 2.94. The predicted molar refractivity (Wildman–Crippen MR) is 88.3 cm³/mol. The number of aromatic nitrogens is 3. The summed E-state index contributed by atoms with van der Waals surface area (Å²) in [4.78, 5) is 16.2. The molecule has 0 spiro atoms. The Bertz CT molecular complexity index is 761. The third-order valence-electron chi connectivity index (χ3n) is 3.41. The van der Waals surface area contributed by atoms with Crippen molar-refractivity contribution in [3.8, 4) is 0 Å². The first-order chi connectivity index (χ1) is 11.6. The van der Waals surface area contributed by atoms with E-state index in [1.807, 2.05) is 0 Å². The maximum atomic E-state index is 13.4. The first-order valence-corrected chi connectivity index (χ1v) is 8.29. The van der Waals surface area contributed by atoms with E-state index in [-0.39, 0.29) is 22.5 Å². The lowest BCUT2D eigenvalue weighted by Gasteiger charge is -2.23. The third kappa shape index (κ3) is 5.05. The van der Waals surface area contributed by atoms with Crippen LogP contribution >= 0.6 is 15.9 Å². The first kappa shape index (κ1) is 19.5. The molecule has 1 aromatic heterocycles. The number of halogens is 3. The second-order valence-electron chi connectivity index (χ2n) is 6.56. The van der Waals surface area contributed by atoms with Crippen molar-refractivity contribution in [2.75, 3.05) is 0 Å². The zero-order chi connectivity index (χ0) is 18.8. The number of aromatic amines is 1. The number of esters is 1. The van der Waals surface area contributed by atoms with E-state index < -0.39 is 35.2 Å². The van der Waals surface area contributed by atoms with Gasteiger partial charge in [-0.05, 0) is 54.4 Å². The quantitative estimate of drug-likeness (QED) is 0.725.